The van der Waals surface area contributed by atoms with Crippen LogP contribution < -0.4 is 4.90 Å². The molecule has 0 bridgehead atoms. The predicted molar refractivity (Wildman–Crippen MR) is 70.6 cm³/mol. The molecule has 1 saturated carbocycles. The highest BCUT2D eigenvalue weighted by atomic mass is 16.5. The van der Waals surface area contributed by atoms with E-state index in [4.69, 9.17) is 4.74 Å². The normalized spacial score (nSPS) is 32.1. The molecule has 2 fully saturated rings. The molecule has 4 heteroatoms. The van der Waals surface area contributed by atoms with E-state index in [0.29, 0.717) is 11.5 Å². The molecule has 0 aromatic carbocycles. The summed E-state index contributed by atoms with van der Waals surface area (Å²) in [7, 11) is 1.86. The molecule has 0 amide bonds. The number of nitrogens with zero attached hydrogens (tertiary/aromatic N) is 3. The van der Waals surface area contributed by atoms with Gasteiger partial charge in [0.25, 0.3) is 0 Å². The number of hydrogen-bond acceptors (Lipinski definition) is 4. The van der Waals surface area contributed by atoms with Crippen molar-refractivity contribution in [1.82, 2.24) is 9.97 Å². The number of anilines is 1. The molecule has 2 atom stereocenters. The molecule has 2 aliphatic rings. The first kappa shape index (κ1) is 11.9. The molecule has 1 saturated heterocycles. The highest BCUT2D eigenvalue weighted by Crippen LogP contribution is 2.46. The Balaban J connectivity index is 1.80. The predicted octanol–water partition coefficient (Wildman–Crippen LogP) is 2.26. The van der Waals surface area contributed by atoms with Crippen molar-refractivity contribution in [2.24, 2.45) is 5.41 Å². The lowest BCUT2D eigenvalue weighted by Crippen LogP contribution is -2.48. The van der Waals surface area contributed by atoms with E-state index < -0.39 is 0 Å². The highest BCUT2D eigenvalue weighted by molar-refractivity contribution is 5.30. The smallest absolute Gasteiger partial charge is 0.225 e. The minimum atomic E-state index is 0.339. The molecule has 3 rings (SSSR count). The molecule has 98 valence electrons. The summed E-state index contributed by atoms with van der Waals surface area (Å²) in [6, 6.07) is 1.87. The summed E-state index contributed by atoms with van der Waals surface area (Å²) < 4.78 is 5.72. The number of piperidine rings is 1. The summed E-state index contributed by atoms with van der Waals surface area (Å²) in [6.07, 6.45) is 10.4. The Bertz CT molecular complexity index is 397. The monoisotopic (exact) mass is 247 g/mol. The van der Waals surface area contributed by atoms with Gasteiger partial charge in [0.05, 0.1) is 6.10 Å². The van der Waals surface area contributed by atoms with Crippen molar-refractivity contribution >= 4 is 5.95 Å². The molecule has 0 N–H and O–H groups in total. The highest BCUT2D eigenvalue weighted by Gasteiger charge is 2.46. The molecule has 0 radical (unpaired) electrons. The molecule has 1 aliphatic heterocycles. The van der Waals surface area contributed by atoms with Crippen molar-refractivity contribution in [2.75, 3.05) is 25.1 Å². The minimum Gasteiger partial charge on any atom is -0.381 e. The van der Waals surface area contributed by atoms with Gasteiger partial charge in [-0.15, -0.1) is 0 Å². The summed E-state index contributed by atoms with van der Waals surface area (Å²) in [5.74, 6) is 0.873. The number of rotatable bonds is 2. The van der Waals surface area contributed by atoms with Crippen molar-refractivity contribution in [3.63, 3.8) is 0 Å². The summed E-state index contributed by atoms with van der Waals surface area (Å²) in [5.41, 5.74) is 0.339. The van der Waals surface area contributed by atoms with Gasteiger partial charge in [-0.2, -0.15) is 0 Å². The van der Waals surface area contributed by atoms with E-state index in [1.807, 2.05) is 25.6 Å². The molecule has 1 aliphatic carbocycles. The van der Waals surface area contributed by atoms with Crippen molar-refractivity contribution in [2.45, 2.75) is 38.2 Å². The summed E-state index contributed by atoms with van der Waals surface area (Å²) in [4.78, 5) is 11.1. The zero-order chi connectivity index (χ0) is 12.4. The van der Waals surface area contributed by atoms with E-state index in [1.54, 1.807) is 0 Å². The SMILES string of the molecule is CO[C@@H]1CCC[C@@]12CCCN(c1ncccn1)C2. The van der Waals surface area contributed by atoms with Crippen LogP contribution in [-0.2, 0) is 4.74 Å². The molecule has 1 aromatic rings. The third-order valence-electron chi connectivity index (χ3n) is 4.55. The van der Waals surface area contributed by atoms with Gasteiger partial charge in [0.2, 0.25) is 5.95 Å². The number of methoxy groups -OCH3 is 1. The zero-order valence-electron chi connectivity index (χ0n) is 11.0. The van der Waals surface area contributed by atoms with Crippen LogP contribution in [0, 0.1) is 5.41 Å². The van der Waals surface area contributed by atoms with Gasteiger partial charge < -0.3 is 9.64 Å². The van der Waals surface area contributed by atoms with E-state index in [2.05, 4.69) is 14.9 Å². The topological polar surface area (TPSA) is 38.2 Å². The van der Waals surface area contributed by atoms with Gasteiger partial charge in [0.1, 0.15) is 0 Å². The van der Waals surface area contributed by atoms with Crippen LogP contribution in [0.4, 0.5) is 5.95 Å². The first-order valence-electron chi connectivity index (χ1n) is 6.89. The molecule has 0 unspecified atom stereocenters. The molecule has 18 heavy (non-hydrogen) atoms. The van der Waals surface area contributed by atoms with Crippen molar-refractivity contribution in [3.8, 4) is 0 Å². The second kappa shape index (κ2) is 4.84. The summed E-state index contributed by atoms with van der Waals surface area (Å²) in [5, 5.41) is 0. The second-order valence-electron chi connectivity index (χ2n) is 5.55. The van der Waals surface area contributed by atoms with Crippen LogP contribution in [0.5, 0.6) is 0 Å². The summed E-state index contributed by atoms with van der Waals surface area (Å²) in [6.45, 7) is 2.12. The van der Waals surface area contributed by atoms with Crippen molar-refractivity contribution in [3.05, 3.63) is 18.5 Å². The number of aromatic nitrogens is 2. The Morgan fingerprint density at radius 1 is 1.28 bits per heavy atom. The fraction of sp³-hybridized carbons (Fsp3) is 0.714. The lowest BCUT2D eigenvalue weighted by atomic mass is 9.76. The van der Waals surface area contributed by atoms with Crippen LogP contribution in [0.25, 0.3) is 0 Å². The summed E-state index contributed by atoms with van der Waals surface area (Å²) >= 11 is 0. The minimum absolute atomic E-state index is 0.339. The van der Waals surface area contributed by atoms with Crippen LogP contribution in [0.1, 0.15) is 32.1 Å². The number of ether oxygens (including phenoxy) is 1. The molecular formula is C14H21N3O. The Hall–Kier alpha value is -1.16. The van der Waals surface area contributed by atoms with Crippen molar-refractivity contribution in [1.29, 1.82) is 0 Å². The van der Waals surface area contributed by atoms with Gasteiger partial charge >= 0.3 is 0 Å². The van der Waals surface area contributed by atoms with Gasteiger partial charge in [0, 0.05) is 38.0 Å². The van der Waals surface area contributed by atoms with E-state index >= 15 is 0 Å². The van der Waals surface area contributed by atoms with Crippen LogP contribution in [0.2, 0.25) is 0 Å². The molecule has 4 nitrogen and oxygen atoms in total. The van der Waals surface area contributed by atoms with Crippen LogP contribution in [0.3, 0.4) is 0 Å². The lowest BCUT2D eigenvalue weighted by molar-refractivity contribution is 0.00204. The molecule has 2 heterocycles. The molecule has 1 spiro atoms. The molecular weight excluding hydrogens is 226 g/mol. The van der Waals surface area contributed by atoms with Gasteiger partial charge in [0.15, 0.2) is 0 Å². The largest absolute Gasteiger partial charge is 0.381 e. The van der Waals surface area contributed by atoms with Crippen LogP contribution >= 0.6 is 0 Å². The fourth-order valence-corrected chi connectivity index (χ4v) is 3.73. The zero-order valence-corrected chi connectivity index (χ0v) is 11.0. The van der Waals surface area contributed by atoms with Crippen LogP contribution in [-0.4, -0.2) is 36.3 Å². The van der Waals surface area contributed by atoms with E-state index in [-0.39, 0.29) is 0 Å². The van der Waals surface area contributed by atoms with Gasteiger partial charge in [-0.1, -0.05) is 6.42 Å². The lowest BCUT2D eigenvalue weighted by Gasteiger charge is -2.43. The maximum Gasteiger partial charge on any atom is 0.225 e. The van der Waals surface area contributed by atoms with Gasteiger partial charge in [-0.3, -0.25) is 0 Å². The average Bonchev–Trinajstić information content (AvgIpc) is 2.82. The van der Waals surface area contributed by atoms with Gasteiger partial charge in [-0.05, 0) is 31.7 Å². The maximum atomic E-state index is 5.72. The Labute approximate surface area is 108 Å². The average molecular weight is 247 g/mol. The van der Waals surface area contributed by atoms with E-state index in [1.165, 1.54) is 32.1 Å². The van der Waals surface area contributed by atoms with Crippen LogP contribution in [0.15, 0.2) is 18.5 Å². The Morgan fingerprint density at radius 3 is 2.83 bits per heavy atom. The first-order valence-corrected chi connectivity index (χ1v) is 6.89. The molecule has 1 aromatic heterocycles. The quantitative estimate of drug-likeness (QED) is 0.803. The van der Waals surface area contributed by atoms with E-state index in [0.717, 1.165) is 19.0 Å². The maximum absolute atomic E-state index is 5.72. The Kier molecular flexibility index (Phi) is 3.20. The number of hydrogen-bond donors (Lipinski definition) is 0. The van der Waals surface area contributed by atoms with E-state index in [9.17, 15) is 0 Å². The fourth-order valence-electron chi connectivity index (χ4n) is 3.73. The standard InChI is InChI=1S/C14H21N3O/c1-18-12-5-2-6-14(12)7-3-10-17(11-14)13-15-8-4-9-16-13/h4,8-9,12H,2-3,5-7,10-11H2,1H3/t12-,14+/m1/s1. The first-order chi connectivity index (χ1) is 8.84. The van der Waals surface area contributed by atoms with Gasteiger partial charge in [-0.25, -0.2) is 9.97 Å². The second-order valence-corrected chi connectivity index (χ2v) is 5.55. The third kappa shape index (κ3) is 1.99. The third-order valence-corrected chi connectivity index (χ3v) is 4.55. The van der Waals surface area contributed by atoms with Crippen molar-refractivity contribution < 1.29 is 4.74 Å². The Morgan fingerprint density at radius 2 is 2.06 bits per heavy atom.